The van der Waals surface area contributed by atoms with Gasteiger partial charge >= 0.3 is 0 Å². The van der Waals surface area contributed by atoms with Crippen molar-refractivity contribution in [3.8, 4) is 56.7 Å². The van der Waals surface area contributed by atoms with Crippen LogP contribution in [0.25, 0.3) is 120 Å². The molecule has 0 amide bonds. The molecule has 0 aliphatic carbocycles. The van der Waals surface area contributed by atoms with Crippen LogP contribution >= 0.6 is 11.3 Å². The van der Waals surface area contributed by atoms with Gasteiger partial charge in [0, 0.05) is 75.2 Å². The van der Waals surface area contributed by atoms with Gasteiger partial charge in [-0.3, -0.25) is 0 Å². The minimum Gasteiger partial charge on any atom is -0.309 e. The lowest BCUT2D eigenvalue weighted by Crippen LogP contribution is -2.02. The van der Waals surface area contributed by atoms with E-state index in [-0.39, 0.29) is 41.6 Å². The molecule has 0 radical (unpaired) electrons. The average Bonchev–Trinajstić information content (AvgIpc) is 4.07. The normalized spacial score (nSPS) is 13.1. The average molecular weight is 828 g/mol. The molecule has 0 atom stereocenters. The molecule has 0 fully saturated rings. The summed E-state index contributed by atoms with van der Waals surface area (Å²) in [6, 6.07) is 57.8. The molecule has 4 aromatic heterocycles. The Morgan fingerprint density at radius 1 is 0.381 bits per heavy atom. The van der Waals surface area contributed by atoms with Crippen molar-refractivity contribution in [3.63, 3.8) is 0 Å². The Hall–Kier alpha value is -8.19. The predicted octanol–water partition coefficient (Wildman–Crippen LogP) is 15.1. The molecule has 63 heavy (non-hydrogen) atoms. The first-order valence-electron chi connectivity index (χ1n) is 23.7. The van der Waals surface area contributed by atoms with E-state index in [0.29, 0.717) is 54.6 Å². The zero-order valence-corrected chi connectivity index (χ0v) is 34.2. The number of hydrogen-bond acceptors (Lipinski definition) is 4. The Bertz CT molecular complexity index is 4220. The summed E-state index contributed by atoms with van der Waals surface area (Å²) in [5.74, 6) is 1.43. The predicted molar refractivity (Wildman–Crippen MR) is 263 cm³/mol. The van der Waals surface area contributed by atoms with Gasteiger partial charge in [-0.1, -0.05) is 152 Å². The van der Waals surface area contributed by atoms with E-state index in [2.05, 4.69) is 88.0 Å². The van der Waals surface area contributed by atoms with Gasteiger partial charge in [-0.05, 0) is 60.6 Å². The Morgan fingerprint density at radius 3 is 1.65 bits per heavy atom. The molecule has 0 saturated heterocycles. The highest BCUT2D eigenvalue weighted by Gasteiger charge is 2.21. The quantitative estimate of drug-likeness (QED) is 0.168. The second-order valence-electron chi connectivity index (χ2n) is 15.5. The highest BCUT2D eigenvalue weighted by Crippen LogP contribution is 2.44. The maximum absolute atomic E-state index is 9.57. The minimum absolute atomic E-state index is 0.0644. The third kappa shape index (κ3) is 5.66. The van der Waals surface area contributed by atoms with Crippen LogP contribution in [0, 0.1) is 0 Å². The van der Waals surface area contributed by atoms with Crippen LogP contribution in [0.2, 0.25) is 0 Å². The number of aromatic nitrogens is 5. The highest BCUT2D eigenvalue weighted by molar-refractivity contribution is 7.26. The van der Waals surface area contributed by atoms with Crippen LogP contribution in [-0.4, -0.2) is 24.1 Å². The molecule has 13 aromatic rings. The summed E-state index contributed by atoms with van der Waals surface area (Å²) in [6.45, 7) is 0. The number of rotatable bonds is 6. The van der Waals surface area contributed by atoms with Gasteiger partial charge in [-0.25, -0.2) is 15.0 Å². The van der Waals surface area contributed by atoms with E-state index < -0.39 is 0 Å². The summed E-state index contributed by atoms with van der Waals surface area (Å²) < 4.78 is 59.6. The first-order chi connectivity index (χ1) is 33.7. The number of nitrogens with zero attached hydrogens (tertiary/aromatic N) is 5. The van der Waals surface area contributed by atoms with Crippen LogP contribution in [0.5, 0.6) is 0 Å². The molecule has 0 bridgehead atoms. The van der Waals surface area contributed by atoms with Gasteiger partial charge in [0.25, 0.3) is 0 Å². The van der Waals surface area contributed by atoms with Gasteiger partial charge in [-0.15, -0.1) is 11.3 Å². The van der Waals surface area contributed by atoms with Crippen molar-refractivity contribution in [2.45, 2.75) is 0 Å². The third-order valence-electron chi connectivity index (χ3n) is 11.9. The Balaban J connectivity index is 1.09. The number of thiophene rings is 1. The van der Waals surface area contributed by atoms with Gasteiger partial charge < -0.3 is 9.13 Å². The van der Waals surface area contributed by atoms with E-state index in [4.69, 9.17) is 20.4 Å². The summed E-state index contributed by atoms with van der Waals surface area (Å²) >= 11 is 1.23. The number of para-hydroxylation sites is 4. The fraction of sp³-hybridized carbons (Fsp3) is 0. The molecule has 0 aliphatic heterocycles. The molecule has 6 heteroatoms. The molecule has 294 valence electrons. The molecule has 5 nitrogen and oxygen atoms in total. The summed E-state index contributed by atoms with van der Waals surface area (Å²) in [4.78, 5) is 15.6. The van der Waals surface area contributed by atoms with Gasteiger partial charge in [0.1, 0.15) is 0 Å². The fourth-order valence-corrected chi connectivity index (χ4v) is 10.2. The maximum Gasteiger partial charge on any atom is 0.164 e. The monoisotopic (exact) mass is 827 g/mol. The van der Waals surface area contributed by atoms with Gasteiger partial charge in [0.05, 0.1) is 36.0 Å². The molecule has 0 aliphatic rings. The van der Waals surface area contributed by atoms with Crippen LogP contribution in [0.1, 0.15) is 8.22 Å². The van der Waals surface area contributed by atoms with Crippen molar-refractivity contribution < 1.29 is 8.22 Å². The van der Waals surface area contributed by atoms with Crippen molar-refractivity contribution in [1.29, 1.82) is 0 Å². The molecule has 0 saturated carbocycles. The van der Waals surface area contributed by atoms with Gasteiger partial charge in [0.2, 0.25) is 0 Å². The molecule has 0 unspecified atom stereocenters. The van der Waals surface area contributed by atoms with E-state index in [1.54, 1.807) is 0 Å². The summed E-state index contributed by atoms with van der Waals surface area (Å²) in [6.07, 6.45) is 0. The van der Waals surface area contributed by atoms with Gasteiger partial charge in [-0.2, -0.15) is 0 Å². The lowest BCUT2D eigenvalue weighted by Gasteiger charge is -2.17. The van der Waals surface area contributed by atoms with Crippen molar-refractivity contribution in [3.05, 3.63) is 212 Å². The zero-order valence-electron chi connectivity index (χ0n) is 39.4. The number of fused-ring (bicyclic) bond motifs is 9. The Kier molecular flexibility index (Phi) is 6.75. The molecule has 4 heterocycles. The second-order valence-corrected chi connectivity index (χ2v) is 16.5. The Labute approximate surface area is 374 Å². The lowest BCUT2D eigenvalue weighted by atomic mass is 9.98. The van der Waals surface area contributed by atoms with E-state index in [0.717, 1.165) is 60.4 Å². The van der Waals surface area contributed by atoms with Crippen LogP contribution < -0.4 is 0 Å². The van der Waals surface area contributed by atoms with Gasteiger partial charge in [0.15, 0.2) is 17.5 Å². The SMILES string of the molecule is [2H]c1cc([2H])c2sc3c(-c4ccc(-c5nc(-c6ccccc6)nc(-c6ccc7c(c6)c6ccccc6n7-c6ccccc6)n5)cc4-n4c5ccccc5c5ccccc54)c([2H])c([2H])c([2H])c3c2c1[2H]. The molecular weight excluding hydrogens is 787 g/mol. The number of hydrogen-bond donors (Lipinski definition) is 0. The van der Waals surface area contributed by atoms with Crippen LogP contribution in [0.15, 0.2) is 212 Å². The molecule has 0 N–H and O–H groups in total. The van der Waals surface area contributed by atoms with E-state index in [9.17, 15) is 2.74 Å². The highest BCUT2D eigenvalue weighted by atomic mass is 32.1. The molecular formula is C57H35N5S. The van der Waals surface area contributed by atoms with Crippen molar-refractivity contribution in [2.24, 2.45) is 0 Å². The van der Waals surface area contributed by atoms with E-state index in [1.807, 2.05) is 91.0 Å². The zero-order chi connectivity index (χ0) is 46.7. The first-order valence-corrected chi connectivity index (χ1v) is 21.5. The van der Waals surface area contributed by atoms with Crippen LogP contribution in [0.4, 0.5) is 0 Å². The standard InChI is InChI=1S/C57H35N5S/c1-3-16-36(17-4-1)55-58-56(37-31-33-51-47(34-37)42-22-9-11-26-48(42)61(51)39-18-5-2-6-19-39)60-57(59-55)38-30-32-43(45-24-15-25-46-44-23-10-14-29-53(44)63-54(45)46)52(35-38)62-49-27-12-7-20-40(49)41-21-8-13-28-50(41)62/h1-35H/i10D,15D,23D,24D,25D,29D. The number of benzene rings is 9. The second kappa shape index (κ2) is 14.2. The van der Waals surface area contributed by atoms with E-state index in [1.165, 1.54) is 17.4 Å². The maximum atomic E-state index is 9.57. The smallest absolute Gasteiger partial charge is 0.164 e. The molecule has 13 rings (SSSR count). The minimum atomic E-state index is -0.297. The third-order valence-corrected chi connectivity index (χ3v) is 13.1. The van der Waals surface area contributed by atoms with Crippen molar-refractivity contribution in [2.75, 3.05) is 0 Å². The molecule has 0 spiro atoms. The first kappa shape index (κ1) is 29.9. The topological polar surface area (TPSA) is 48.5 Å². The van der Waals surface area contributed by atoms with Crippen LogP contribution in [0.3, 0.4) is 0 Å². The summed E-state index contributed by atoms with van der Waals surface area (Å²) in [5.41, 5.74) is 9.09. The fourth-order valence-electron chi connectivity index (χ4n) is 9.13. The van der Waals surface area contributed by atoms with E-state index >= 15 is 0 Å². The molecule has 9 aromatic carbocycles. The van der Waals surface area contributed by atoms with Crippen molar-refractivity contribution >= 4 is 75.1 Å². The van der Waals surface area contributed by atoms with Crippen molar-refractivity contribution in [1.82, 2.24) is 24.1 Å². The summed E-state index contributed by atoms with van der Waals surface area (Å²) in [5, 5.41) is 4.82. The van der Waals surface area contributed by atoms with Crippen LogP contribution in [-0.2, 0) is 0 Å². The summed E-state index contributed by atoms with van der Waals surface area (Å²) in [7, 11) is 0. The lowest BCUT2D eigenvalue weighted by molar-refractivity contribution is 1.07. The Morgan fingerprint density at radius 2 is 0.937 bits per heavy atom. The largest absolute Gasteiger partial charge is 0.309 e.